The number of amides is 2. The number of amidine groups is 1. The highest BCUT2D eigenvalue weighted by atomic mass is 16.5. The van der Waals surface area contributed by atoms with Crippen molar-refractivity contribution in [2.75, 3.05) is 18.5 Å². The third-order valence-corrected chi connectivity index (χ3v) is 6.62. The van der Waals surface area contributed by atoms with Gasteiger partial charge >= 0.3 is 5.97 Å². The molecule has 7 N–H and O–H groups in total. The molecule has 0 bridgehead atoms. The van der Waals surface area contributed by atoms with Crippen LogP contribution in [-0.2, 0) is 0 Å². The van der Waals surface area contributed by atoms with E-state index in [-0.39, 0.29) is 46.3 Å². The first kappa shape index (κ1) is 31.8. The Labute approximate surface area is 244 Å². The van der Waals surface area contributed by atoms with Crippen LogP contribution >= 0.6 is 0 Å². The normalized spacial score (nSPS) is 11.8. The third kappa shape index (κ3) is 7.91. The summed E-state index contributed by atoms with van der Waals surface area (Å²) >= 11 is 0. The summed E-state index contributed by atoms with van der Waals surface area (Å²) < 4.78 is 5.71. The van der Waals surface area contributed by atoms with E-state index in [0.29, 0.717) is 17.9 Å². The van der Waals surface area contributed by atoms with Crippen molar-refractivity contribution in [3.05, 3.63) is 77.0 Å². The van der Waals surface area contributed by atoms with Crippen LogP contribution in [0.5, 0.6) is 5.88 Å². The van der Waals surface area contributed by atoms with Crippen molar-refractivity contribution >= 4 is 29.3 Å². The van der Waals surface area contributed by atoms with Crippen molar-refractivity contribution < 1.29 is 29.3 Å². The Morgan fingerprint density at radius 1 is 1.00 bits per heavy atom. The SMILES string of the molecule is CCCCOc1ccc(-c2ccc(C(=O)N[C@H](CO)C(C)(C)C)cc2C(=O)O)c(C(=O)Nc2ccc(C(=N)N)cc2)n1. The van der Waals surface area contributed by atoms with Gasteiger partial charge in [0, 0.05) is 28.4 Å². The number of nitrogen functional groups attached to an aromatic ring is 1. The number of nitrogens with two attached hydrogens (primary N) is 1. The van der Waals surface area contributed by atoms with E-state index < -0.39 is 29.2 Å². The Morgan fingerprint density at radius 3 is 2.21 bits per heavy atom. The quantitative estimate of drug-likeness (QED) is 0.105. The number of aliphatic hydroxyl groups excluding tert-OH is 1. The lowest BCUT2D eigenvalue weighted by Gasteiger charge is -2.29. The molecule has 0 saturated carbocycles. The van der Waals surface area contributed by atoms with E-state index in [0.717, 1.165) is 12.8 Å². The molecule has 3 rings (SSSR count). The summed E-state index contributed by atoms with van der Waals surface area (Å²) in [5.41, 5.74) is 6.19. The predicted molar refractivity (Wildman–Crippen MR) is 160 cm³/mol. The molecule has 1 aromatic heterocycles. The molecule has 2 amide bonds. The van der Waals surface area contributed by atoms with Crippen LogP contribution < -0.4 is 21.1 Å². The highest BCUT2D eigenvalue weighted by Crippen LogP contribution is 2.30. The third-order valence-electron chi connectivity index (χ3n) is 6.62. The maximum Gasteiger partial charge on any atom is 0.336 e. The first-order chi connectivity index (χ1) is 19.8. The van der Waals surface area contributed by atoms with Gasteiger partial charge in [0.05, 0.1) is 24.8 Å². The van der Waals surface area contributed by atoms with Crippen molar-refractivity contribution in [1.29, 1.82) is 5.41 Å². The van der Waals surface area contributed by atoms with Gasteiger partial charge in [0.25, 0.3) is 11.8 Å². The zero-order valence-electron chi connectivity index (χ0n) is 24.2. The number of carbonyl (C=O) groups is 3. The van der Waals surface area contributed by atoms with E-state index in [2.05, 4.69) is 15.6 Å². The molecule has 0 saturated heterocycles. The number of carboxylic acid groups (broad SMARTS) is 1. The Kier molecular flexibility index (Phi) is 10.4. The molecule has 0 radical (unpaired) electrons. The fourth-order valence-electron chi connectivity index (χ4n) is 4.03. The maximum atomic E-state index is 13.5. The molecule has 0 aliphatic rings. The summed E-state index contributed by atoms with van der Waals surface area (Å²) in [6.45, 7) is 7.73. The van der Waals surface area contributed by atoms with E-state index in [1.54, 1.807) is 36.4 Å². The number of aliphatic hydroxyl groups is 1. The van der Waals surface area contributed by atoms with Gasteiger partial charge in [0.2, 0.25) is 5.88 Å². The second-order valence-electron chi connectivity index (χ2n) is 10.8. The second kappa shape index (κ2) is 13.7. The first-order valence-electron chi connectivity index (χ1n) is 13.5. The van der Waals surface area contributed by atoms with Crippen LogP contribution in [0.2, 0.25) is 0 Å². The van der Waals surface area contributed by atoms with E-state index >= 15 is 0 Å². The van der Waals surface area contributed by atoms with Gasteiger partial charge in [-0.25, -0.2) is 9.78 Å². The molecule has 1 heterocycles. The second-order valence-corrected chi connectivity index (χ2v) is 10.8. The number of hydrogen-bond donors (Lipinski definition) is 6. The van der Waals surface area contributed by atoms with E-state index in [9.17, 15) is 24.6 Å². The van der Waals surface area contributed by atoms with E-state index in [1.165, 1.54) is 18.2 Å². The maximum absolute atomic E-state index is 13.5. The zero-order chi connectivity index (χ0) is 31.0. The Hall–Kier alpha value is -4.77. The van der Waals surface area contributed by atoms with Crippen LogP contribution in [0.3, 0.4) is 0 Å². The van der Waals surface area contributed by atoms with Gasteiger partial charge in [-0.1, -0.05) is 40.2 Å². The van der Waals surface area contributed by atoms with Crippen LogP contribution in [0.15, 0.2) is 54.6 Å². The lowest BCUT2D eigenvalue weighted by Crippen LogP contribution is -2.46. The van der Waals surface area contributed by atoms with Crippen LogP contribution in [0.1, 0.15) is 77.3 Å². The van der Waals surface area contributed by atoms with Gasteiger partial charge in [0.15, 0.2) is 0 Å². The van der Waals surface area contributed by atoms with Crippen LogP contribution in [0.25, 0.3) is 11.1 Å². The number of unbranched alkanes of at least 4 members (excludes halogenated alkanes) is 1. The molecule has 0 unspecified atom stereocenters. The summed E-state index contributed by atoms with van der Waals surface area (Å²) in [5.74, 6) is -2.37. The number of hydrogen-bond acceptors (Lipinski definition) is 7. The fraction of sp³-hybridized carbons (Fsp3) is 0.323. The molecular formula is C31H37N5O6. The molecule has 222 valence electrons. The number of nitrogens with one attached hydrogen (secondary N) is 3. The number of pyridine rings is 1. The monoisotopic (exact) mass is 575 g/mol. The van der Waals surface area contributed by atoms with Gasteiger partial charge < -0.3 is 31.3 Å². The average molecular weight is 576 g/mol. The molecule has 0 spiro atoms. The van der Waals surface area contributed by atoms with Crippen LogP contribution in [0.4, 0.5) is 5.69 Å². The number of anilines is 1. The average Bonchev–Trinajstić information content (AvgIpc) is 2.95. The lowest BCUT2D eigenvalue weighted by atomic mass is 9.87. The molecule has 0 aliphatic carbocycles. The van der Waals surface area contributed by atoms with Crippen LogP contribution in [-0.4, -0.2) is 58.1 Å². The van der Waals surface area contributed by atoms with Gasteiger partial charge in [-0.3, -0.25) is 15.0 Å². The molecule has 3 aromatic rings. The molecule has 2 aromatic carbocycles. The Balaban J connectivity index is 2.04. The van der Waals surface area contributed by atoms with Crippen molar-refractivity contribution in [2.24, 2.45) is 11.1 Å². The number of aromatic nitrogens is 1. The van der Waals surface area contributed by atoms with Crippen molar-refractivity contribution in [3.8, 4) is 17.0 Å². The largest absolute Gasteiger partial charge is 0.478 e. The minimum absolute atomic E-state index is 0.0765. The van der Waals surface area contributed by atoms with Gasteiger partial charge in [0.1, 0.15) is 11.5 Å². The van der Waals surface area contributed by atoms with E-state index in [1.807, 2.05) is 27.7 Å². The zero-order valence-corrected chi connectivity index (χ0v) is 24.2. The number of aromatic carboxylic acids is 1. The number of nitrogens with zero attached hydrogens (tertiary/aromatic N) is 1. The number of ether oxygens (including phenoxy) is 1. The van der Waals surface area contributed by atoms with Gasteiger partial charge in [-0.15, -0.1) is 0 Å². The summed E-state index contributed by atoms with van der Waals surface area (Å²) in [6.07, 6.45) is 1.69. The minimum atomic E-state index is -1.30. The topological polar surface area (TPSA) is 188 Å². The lowest BCUT2D eigenvalue weighted by molar-refractivity contribution is 0.0697. The van der Waals surface area contributed by atoms with Crippen LogP contribution in [0, 0.1) is 10.8 Å². The summed E-state index contributed by atoms with van der Waals surface area (Å²) in [6, 6.07) is 13.1. The molecule has 11 nitrogen and oxygen atoms in total. The fourth-order valence-corrected chi connectivity index (χ4v) is 4.03. The highest BCUT2D eigenvalue weighted by Gasteiger charge is 2.27. The van der Waals surface area contributed by atoms with Gasteiger partial charge in [-0.05, 0) is 59.9 Å². The first-order valence-corrected chi connectivity index (χ1v) is 13.5. The summed E-state index contributed by atoms with van der Waals surface area (Å²) in [5, 5.41) is 32.9. The molecule has 0 fully saturated rings. The van der Waals surface area contributed by atoms with Crippen molar-refractivity contribution in [2.45, 2.75) is 46.6 Å². The smallest absolute Gasteiger partial charge is 0.336 e. The Morgan fingerprint density at radius 2 is 1.64 bits per heavy atom. The standard InChI is InChI=1S/C31H37N5O6/c1-5-6-15-42-25-14-13-22(26(36-25)29(39)34-20-10-7-18(8-11-20)27(32)33)21-12-9-19(16-23(21)30(40)41)28(38)35-24(17-37)31(2,3)4/h7-14,16,24,37H,5-6,15,17H2,1-4H3,(H3,32,33)(H,34,39)(H,35,38)(H,40,41)/t24-/m1/s1. The molecule has 0 aliphatic heterocycles. The molecule has 42 heavy (non-hydrogen) atoms. The van der Waals surface area contributed by atoms with Crippen molar-refractivity contribution in [3.63, 3.8) is 0 Å². The molecular weight excluding hydrogens is 538 g/mol. The summed E-state index contributed by atoms with van der Waals surface area (Å²) in [7, 11) is 0. The molecule has 11 heteroatoms. The number of benzene rings is 2. The highest BCUT2D eigenvalue weighted by molar-refractivity contribution is 6.10. The van der Waals surface area contributed by atoms with Crippen molar-refractivity contribution in [1.82, 2.24) is 10.3 Å². The number of carbonyl (C=O) groups excluding carboxylic acids is 2. The number of carboxylic acids is 1. The van der Waals surface area contributed by atoms with E-state index in [4.69, 9.17) is 15.9 Å². The Bertz CT molecular complexity index is 1460. The van der Waals surface area contributed by atoms with Gasteiger partial charge in [-0.2, -0.15) is 0 Å². The number of rotatable bonds is 12. The minimum Gasteiger partial charge on any atom is -0.478 e. The molecule has 1 atom stereocenters. The summed E-state index contributed by atoms with van der Waals surface area (Å²) in [4.78, 5) is 43.2. The predicted octanol–water partition coefficient (Wildman–Crippen LogP) is 4.30.